The van der Waals surface area contributed by atoms with E-state index in [1.807, 2.05) is 6.07 Å². The molecule has 0 fully saturated rings. The van der Waals surface area contributed by atoms with Crippen molar-refractivity contribution in [1.29, 1.82) is 5.26 Å². The molecule has 0 bridgehead atoms. The standard InChI is InChI=1S/C27H21N5O4/c28-15-18-14-21(24(31-25(18)29)22-8-5-13-35-22)17-9-10-23(30-16-17)36-12-4-3-11-32-26(33)19-6-1-2-7-20(19)27(32)34/h1-2,5-10,13-14,16H,3-4,11-12H2,(H2,29,31). The molecule has 0 atom stereocenters. The van der Waals surface area contributed by atoms with Crippen molar-refractivity contribution in [2.45, 2.75) is 12.8 Å². The molecule has 178 valence electrons. The Kier molecular flexibility index (Phi) is 6.16. The maximum atomic E-state index is 12.4. The first-order valence-corrected chi connectivity index (χ1v) is 11.4. The lowest BCUT2D eigenvalue weighted by molar-refractivity contribution is 0.0649. The van der Waals surface area contributed by atoms with Crippen molar-refractivity contribution in [3.63, 3.8) is 0 Å². The number of rotatable bonds is 8. The summed E-state index contributed by atoms with van der Waals surface area (Å²) in [4.78, 5) is 34.9. The normalized spacial score (nSPS) is 12.5. The van der Waals surface area contributed by atoms with E-state index in [4.69, 9.17) is 14.9 Å². The van der Waals surface area contributed by atoms with Crippen LogP contribution < -0.4 is 10.5 Å². The molecule has 3 aromatic heterocycles. The molecule has 0 radical (unpaired) electrons. The van der Waals surface area contributed by atoms with E-state index in [1.54, 1.807) is 61.0 Å². The molecule has 0 saturated carbocycles. The zero-order chi connectivity index (χ0) is 25.1. The van der Waals surface area contributed by atoms with Gasteiger partial charge in [0.1, 0.15) is 17.6 Å². The van der Waals surface area contributed by atoms with E-state index in [1.165, 1.54) is 4.90 Å². The molecule has 1 aliphatic rings. The average Bonchev–Trinajstić information content (AvgIpc) is 3.52. The Morgan fingerprint density at radius 2 is 1.78 bits per heavy atom. The number of unbranched alkanes of at least 4 members (excludes halogenated alkanes) is 1. The van der Waals surface area contributed by atoms with Gasteiger partial charge in [0.25, 0.3) is 11.8 Å². The van der Waals surface area contributed by atoms with Crippen LogP contribution in [-0.4, -0.2) is 39.8 Å². The number of nitrogens with two attached hydrogens (primary N) is 1. The van der Waals surface area contributed by atoms with E-state index in [9.17, 15) is 14.9 Å². The fourth-order valence-corrected chi connectivity index (χ4v) is 4.05. The van der Waals surface area contributed by atoms with Gasteiger partial charge in [-0.1, -0.05) is 12.1 Å². The predicted molar refractivity (Wildman–Crippen MR) is 131 cm³/mol. The smallest absolute Gasteiger partial charge is 0.261 e. The number of anilines is 1. The molecule has 2 amide bonds. The van der Waals surface area contributed by atoms with Crippen molar-refractivity contribution < 1.29 is 18.7 Å². The van der Waals surface area contributed by atoms with Crippen LogP contribution >= 0.6 is 0 Å². The number of carbonyl (C=O) groups excluding carboxylic acids is 2. The quantitative estimate of drug-likeness (QED) is 0.292. The van der Waals surface area contributed by atoms with E-state index in [-0.39, 0.29) is 23.2 Å². The van der Waals surface area contributed by atoms with Crippen LogP contribution in [0.4, 0.5) is 5.82 Å². The van der Waals surface area contributed by atoms with Crippen molar-refractivity contribution in [2.75, 3.05) is 18.9 Å². The molecule has 9 nitrogen and oxygen atoms in total. The monoisotopic (exact) mass is 479 g/mol. The molecule has 1 aromatic carbocycles. The highest BCUT2D eigenvalue weighted by Crippen LogP contribution is 2.33. The molecule has 4 aromatic rings. The van der Waals surface area contributed by atoms with Gasteiger partial charge in [-0.3, -0.25) is 14.5 Å². The summed E-state index contributed by atoms with van der Waals surface area (Å²) in [6.45, 7) is 0.720. The molecular formula is C27H21N5O4. The number of pyridine rings is 2. The van der Waals surface area contributed by atoms with E-state index in [0.717, 1.165) is 5.56 Å². The number of nitrogen functional groups attached to an aromatic ring is 1. The summed E-state index contributed by atoms with van der Waals surface area (Å²) in [7, 11) is 0. The van der Waals surface area contributed by atoms with Crippen LogP contribution in [0.25, 0.3) is 22.6 Å². The Hall–Kier alpha value is -4.97. The van der Waals surface area contributed by atoms with E-state index >= 15 is 0 Å². The molecule has 9 heteroatoms. The minimum Gasteiger partial charge on any atom is -0.478 e. The van der Waals surface area contributed by atoms with Gasteiger partial charge in [0.2, 0.25) is 5.88 Å². The van der Waals surface area contributed by atoms with E-state index in [2.05, 4.69) is 16.0 Å². The molecule has 2 N–H and O–H groups in total. The number of benzene rings is 1. The van der Waals surface area contributed by atoms with E-state index < -0.39 is 0 Å². The first-order chi connectivity index (χ1) is 17.6. The van der Waals surface area contributed by atoms with Crippen LogP contribution in [0.5, 0.6) is 5.88 Å². The number of aromatic nitrogens is 2. The summed E-state index contributed by atoms with van der Waals surface area (Å²) in [6.07, 6.45) is 4.44. The number of nitrogens with zero attached hydrogens (tertiary/aromatic N) is 4. The lowest BCUT2D eigenvalue weighted by Gasteiger charge is -2.13. The second-order valence-electron chi connectivity index (χ2n) is 8.15. The first-order valence-electron chi connectivity index (χ1n) is 11.4. The van der Waals surface area contributed by atoms with Crippen molar-refractivity contribution in [3.05, 3.63) is 83.7 Å². The third-order valence-corrected chi connectivity index (χ3v) is 5.88. The third-order valence-electron chi connectivity index (χ3n) is 5.88. The van der Waals surface area contributed by atoms with E-state index in [0.29, 0.717) is 60.0 Å². The van der Waals surface area contributed by atoms with Gasteiger partial charge in [-0.15, -0.1) is 0 Å². The van der Waals surface area contributed by atoms with Gasteiger partial charge in [-0.05, 0) is 49.2 Å². The topological polar surface area (TPSA) is 135 Å². The number of hydrogen-bond donors (Lipinski definition) is 1. The molecule has 4 heterocycles. The van der Waals surface area contributed by atoms with Crippen molar-refractivity contribution in [1.82, 2.24) is 14.9 Å². The number of imide groups is 1. The number of amides is 2. The number of furan rings is 1. The van der Waals surface area contributed by atoms with Crippen LogP contribution in [0.2, 0.25) is 0 Å². The minimum atomic E-state index is -0.251. The number of nitriles is 1. The summed E-state index contributed by atoms with van der Waals surface area (Å²) in [6, 6.07) is 17.6. The average molecular weight is 479 g/mol. The first kappa shape index (κ1) is 22.8. The van der Waals surface area contributed by atoms with Gasteiger partial charge in [0.05, 0.1) is 29.6 Å². The predicted octanol–water partition coefficient (Wildman–Crippen LogP) is 4.31. The fraction of sp³-hybridized carbons (Fsp3) is 0.148. The zero-order valence-electron chi connectivity index (χ0n) is 19.2. The zero-order valence-corrected chi connectivity index (χ0v) is 19.2. The van der Waals surface area contributed by atoms with Crippen molar-refractivity contribution in [3.8, 4) is 34.5 Å². The maximum Gasteiger partial charge on any atom is 0.261 e. The van der Waals surface area contributed by atoms with Crippen molar-refractivity contribution >= 4 is 17.6 Å². The summed E-state index contributed by atoms with van der Waals surface area (Å²) in [5, 5.41) is 9.37. The van der Waals surface area contributed by atoms with Gasteiger partial charge < -0.3 is 14.9 Å². The molecule has 0 saturated heterocycles. The maximum absolute atomic E-state index is 12.4. The van der Waals surface area contributed by atoms with Crippen molar-refractivity contribution in [2.24, 2.45) is 0 Å². The molecule has 5 rings (SSSR count). The number of carbonyl (C=O) groups is 2. The van der Waals surface area contributed by atoms with Gasteiger partial charge in [-0.25, -0.2) is 9.97 Å². The summed E-state index contributed by atoms with van der Waals surface area (Å²) >= 11 is 0. The van der Waals surface area contributed by atoms with Gasteiger partial charge >= 0.3 is 0 Å². The SMILES string of the molecule is N#Cc1cc(-c2ccc(OCCCCN3C(=O)c4ccccc4C3=O)nc2)c(-c2ccco2)nc1N. The molecule has 0 spiro atoms. The Balaban J connectivity index is 1.19. The molecule has 36 heavy (non-hydrogen) atoms. The fourth-order valence-electron chi connectivity index (χ4n) is 4.05. The molecule has 1 aliphatic heterocycles. The van der Waals surface area contributed by atoms with Crippen LogP contribution in [-0.2, 0) is 0 Å². The van der Waals surface area contributed by atoms with Crippen LogP contribution in [0.3, 0.4) is 0 Å². The lowest BCUT2D eigenvalue weighted by Crippen LogP contribution is -2.30. The minimum absolute atomic E-state index is 0.127. The Morgan fingerprint density at radius 1 is 1.00 bits per heavy atom. The highest BCUT2D eigenvalue weighted by Gasteiger charge is 2.34. The number of hydrogen-bond acceptors (Lipinski definition) is 8. The second kappa shape index (κ2) is 9.72. The summed E-state index contributed by atoms with van der Waals surface area (Å²) < 4.78 is 11.2. The van der Waals surface area contributed by atoms with Gasteiger partial charge in [-0.2, -0.15) is 5.26 Å². The van der Waals surface area contributed by atoms with Crippen LogP contribution in [0.1, 0.15) is 39.1 Å². The molecule has 0 unspecified atom stereocenters. The highest BCUT2D eigenvalue weighted by atomic mass is 16.5. The Bertz CT molecular complexity index is 1440. The third kappa shape index (κ3) is 4.28. The molecule has 0 aliphatic carbocycles. The Morgan fingerprint density at radius 3 is 2.42 bits per heavy atom. The molecular weight excluding hydrogens is 458 g/mol. The number of ether oxygens (including phenoxy) is 1. The summed E-state index contributed by atoms with van der Waals surface area (Å²) in [5.41, 5.74) is 8.99. The van der Waals surface area contributed by atoms with Crippen LogP contribution in [0.15, 0.2) is 71.5 Å². The number of fused-ring (bicyclic) bond motifs is 1. The summed E-state index contributed by atoms with van der Waals surface area (Å²) in [5.74, 6) is 0.586. The van der Waals surface area contributed by atoms with Gasteiger partial charge in [0, 0.05) is 29.9 Å². The lowest BCUT2D eigenvalue weighted by atomic mass is 10.0. The van der Waals surface area contributed by atoms with Gasteiger partial charge in [0.15, 0.2) is 5.76 Å². The second-order valence-corrected chi connectivity index (χ2v) is 8.15. The Labute approximate surface area is 206 Å². The highest BCUT2D eigenvalue weighted by molar-refractivity contribution is 6.21. The largest absolute Gasteiger partial charge is 0.478 e. The van der Waals surface area contributed by atoms with Crippen LogP contribution in [0, 0.1) is 11.3 Å².